The molecule has 0 unspecified atom stereocenters. The van der Waals surface area contributed by atoms with E-state index in [2.05, 4.69) is 37.1 Å². The van der Waals surface area contributed by atoms with Crippen molar-refractivity contribution in [3.05, 3.63) is 23.5 Å². The van der Waals surface area contributed by atoms with Gasteiger partial charge >= 0.3 is 0 Å². The van der Waals surface area contributed by atoms with Crippen LogP contribution in [0.1, 0.15) is 11.1 Å². The molecule has 0 fully saturated rings. The number of hydrogen-bond donors (Lipinski definition) is 1. The quantitative estimate of drug-likeness (QED) is 0.654. The predicted octanol–water partition coefficient (Wildman–Crippen LogP) is 1.38. The summed E-state index contributed by atoms with van der Waals surface area (Å²) in [5.74, 6) is 0. The lowest BCUT2D eigenvalue weighted by Crippen LogP contribution is -2.10. The smallest absolute Gasteiger partial charge is 0.0245 e. The maximum Gasteiger partial charge on any atom is 0.0245 e. The minimum absolute atomic E-state index is 1.02. The van der Waals surface area contributed by atoms with Gasteiger partial charge < -0.3 is 9.88 Å². The number of nitrogens with one attached hydrogen (secondary N) is 1. The molecule has 0 spiro atoms. The second-order valence-corrected chi connectivity index (χ2v) is 2.90. The highest BCUT2D eigenvalue weighted by Crippen LogP contribution is 2.06. The first kappa shape index (κ1) is 7.35. The topological polar surface area (TPSA) is 19.0 Å². The van der Waals surface area contributed by atoms with Gasteiger partial charge in [-0.1, -0.05) is 0 Å². The van der Waals surface area contributed by atoms with Crippen LogP contribution in [-0.2, 0) is 6.54 Å². The van der Waals surface area contributed by atoms with E-state index in [0.29, 0.717) is 0 Å². The molecule has 0 saturated heterocycles. The third-order valence-corrected chi connectivity index (χ3v) is 1.55. The van der Waals surface area contributed by atoms with Gasteiger partial charge in [0.15, 0.2) is 0 Å². The van der Waals surface area contributed by atoms with E-state index in [0.717, 1.165) is 6.54 Å². The average molecular weight is 138 g/mol. The zero-order valence-corrected chi connectivity index (χ0v) is 6.81. The Morgan fingerprint density at radius 1 is 1.40 bits per heavy atom. The Bertz CT molecular complexity index is 201. The molecule has 0 bridgehead atoms. The maximum absolute atomic E-state index is 3.08. The van der Waals surface area contributed by atoms with Crippen molar-refractivity contribution in [3.8, 4) is 0 Å². The van der Waals surface area contributed by atoms with Gasteiger partial charge in [0.2, 0.25) is 0 Å². The van der Waals surface area contributed by atoms with Crippen molar-refractivity contribution in [3.63, 3.8) is 0 Å². The van der Waals surface area contributed by atoms with Crippen LogP contribution in [0.3, 0.4) is 0 Å². The Morgan fingerprint density at radius 2 is 2.10 bits per heavy atom. The van der Waals surface area contributed by atoms with Crippen molar-refractivity contribution >= 4 is 0 Å². The summed E-state index contributed by atoms with van der Waals surface area (Å²) in [6, 6.07) is 0. The van der Waals surface area contributed by atoms with Crippen LogP contribution < -0.4 is 0 Å². The molecular formula is C8H14N2. The molecular weight excluding hydrogens is 124 g/mol. The summed E-state index contributed by atoms with van der Waals surface area (Å²) >= 11 is 0. The van der Waals surface area contributed by atoms with E-state index >= 15 is 0 Å². The highest BCUT2D eigenvalue weighted by molar-refractivity contribution is 5.20. The molecule has 0 aliphatic rings. The van der Waals surface area contributed by atoms with Gasteiger partial charge in [0.25, 0.3) is 0 Å². The number of rotatable bonds is 2. The Morgan fingerprint density at radius 3 is 2.50 bits per heavy atom. The van der Waals surface area contributed by atoms with Crippen LogP contribution in [0, 0.1) is 6.92 Å². The molecule has 10 heavy (non-hydrogen) atoms. The van der Waals surface area contributed by atoms with Crippen LogP contribution in [0.2, 0.25) is 0 Å². The van der Waals surface area contributed by atoms with Crippen molar-refractivity contribution < 1.29 is 0 Å². The van der Waals surface area contributed by atoms with E-state index in [9.17, 15) is 0 Å². The van der Waals surface area contributed by atoms with Gasteiger partial charge in [-0.15, -0.1) is 0 Å². The number of aromatic amines is 1. The monoisotopic (exact) mass is 138 g/mol. The number of aryl methyl sites for hydroxylation is 1. The molecule has 1 rings (SSSR count). The standard InChI is InChI=1S/C8H14N2/c1-7-4-9-5-8(7)6-10(2)3/h4-5,9H,6H2,1-3H3. The van der Waals surface area contributed by atoms with Crippen molar-refractivity contribution in [2.24, 2.45) is 0 Å². The molecule has 1 aromatic rings. The van der Waals surface area contributed by atoms with Crippen LogP contribution in [0.4, 0.5) is 0 Å². The number of hydrogen-bond acceptors (Lipinski definition) is 1. The van der Waals surface area contributed by atoms with E-state index in [4.69, 9.17) is 0 Å². The summed E-state index contributed by atoms with van der Waals surface area (Å²) in [5.41, 5.74) is 2.72. The molecule has 0 amide bonds. The van der Waals surface area contributed by atoms with E-state index in [1.807, 2.05) is 6.20 Å². The molecule has 0 aromatic carbocycles. The van der Waals surface area contributed by atoms with E-state index in [1.165, 1.54) is 11.1 Å². The lowest BCUT2D eigenvalue weighted by atomic mass is 10.2. The molecule has 1 N–H and O–H groups in total. The highest BCUT2D eigenvalue weighted by atomic mass is 15.0. The summed E-state index contributed by atoms with van der Waals surface area (Å²) in [7, 11) is 4.15. The largest absolute Gasteiger partial charge is 0.367 e. The molecule has 0 atom stereocenters. The van der Waals surface area contributed by atoms with Crippen molar-refractivity contribution in [2.45, 2.75) is 13.5 Å². The van der Waals surface area contributed by atoms with E-state index in [1.54, 1.807) is 0 Å². The van der Waals surface area contributed by atoms with Crippen molar-refractivity contribution in [1.29, 1.82) is 0 Å². The average Bonchev–Trinajstić information content (AvgIpc) is 2.15. The molecule has 56 valence electrons. The fraction of sp³-hybridized carbons (Fsp3) is 0.500. The predicted molar refractivity (Wildman–Crippen MR) is 42.9 cm³/mol. The Balaban J connectivity index is 2.65. The maximum atomic E-state index is 3.08. The highest BCUT2D eigenvalue weighted by Gasteiger charge is 1.98. The Kier molecular flexibility index (Phi) is 2.12. The van der Waals surface area contributed by atoms with Crippen LogP contribution in [0.25, 0.3) is 0 Å². The van der Waals surface area contributed by atoms with Gasteiger partial charge in [-0.2, -0.15) is 0 Å². The van der Waals surface area contributed by atoms with Crippen LogP contribution in [-0.4, -0.2) is 24.0 Å². The van der Waals surface area contributed by atoms with Crippen LogP contribution in [0.5, 0.6) is 0 Å². The van der Waals surface area contributed by atoms with Crippen molar-refractivity contribution in [2.75, 3.05) is 14.1 Å². The molecule has 1 aromatic heterocycles. The molecule has 1 heterocycles. The minimum Gasteiger partial charge on any atom is -0.367 e. The summed E-state index contributed by atoms with van der Waals surface area (Å²) in [4.78, 5) is 5.24. The SMILES string of the molecule is Cc1c[nH]cc1CN(C)C. The van der Waals surface area contributed by atoms with Gasteiger partial charge in [-0.05, 0) is 32.1 Å². The normalized spacial score (nSPS) is 10.8. The van der Waals surface area contributed by atoms with Crippen LogP contribution >= 0.6 is 0 Å². The summed E-state index contributed by atoms with van der Waals surface area (Å²) in [6.07, 6.45) is 4.08. The molecule has 0 saturated carbocycles. The van der Waals surface area contributed by atoms with Gasteiger partial charge in [0.05, 0.1) is 0 Å². The third-order valence-electron chi connectivity index (χ3n) is 1.55. The molecule has 0 aliphatic heterocycles. The lowest BCUT2D eigenvalue weighted by Gasteiger charge is -2.07. The van der Waals surface area contributed by atoms with Gasteiger partial charge in [-0.3, -0.25) is 0 Å². The van der Waals surface area contributed by atoms with E-state index in [-0.39, 0.29) is 0 Å². The minimum atomic E-state index is 1.02. The zero-order valence-electron chi connectivity index (χ0n) is 6.81. The molecule has 2 heteroatoms. The first-order chi connectivity index (χ1) is 4.70. The Hall–Kier alpha value is -0.760. The number of nitrogens with zero attached hydrogens (tertiary/aromatic N) is 1. The lowest BCUT2D eigenvalue weighted by molar-refractivity contribution is 0.402. The second-order valence-electron chi connectivity index (χ2n) is 2.90. The summed E-state index contributed by atoms with van der Waals surface area (Å²) < 4.78 is 0. The van der Waals surface area contributed by atoms with Gasteiger partial charge in [0, 0.05) is 18.9 Å². The second kappa shape index (κ2) is 2.88. The van der Waals surface area contributed by atoms with Crippen LogP contribution in [0.15, 0.2) is 12.4 Å². The fourth-order valence-corrected chi connectivity index (χ4v) is 0.985. The number of aromatic nitrogens is 1. The first-order valence-electron chi connectivity index (χ1n) is 3.47. The van der Waals surface area contributed by atoms with E-state index < -0.39 is 0 Å². The zero-order chi connectivity index (χ0) is 7.56. The Labute approximate surface area is 61.9 Å². The van der Waals surface area contributed by atoms with Crippen molar-refractivity contribution in [1.82, 2.24) is 9.88 Å². The van der Waals surface area contributed by atoms with Gasteiger partial charge in [0.1, 0.15) is 0 Å². The first-order valence-corrected chi connectivity index (χ1v) is 3.47. The molecule has 2 nitrogen and oxygen atoms in total. The van der Waals surface area contributed by atoms with Gasteiger partial charge in [-0.25, -0.2) is 0 Å². The summed E-state index contributed by atoms with van der Waals surface area (Å²) in [5, 5.41) is 0. The summed E-state index contributed by atoms with van der Waals surface area (Å²) in [6.45, 7) is 3.14. The third kappa shape index (κ3) is 1.61. The fourth-order valence-electron chi connectivity index (χ4n) is 0.985. The molecule has 0 aliphatic carbocycles. The molecule has 0 radical (unpaired) electrons. The number of H-pyrrole nitrogens is 1.